The van der Waals surface area contributed by atoms with E-state index in [-0.39, 0.29) is 12.0 Å². The monoisotopic (exact) mass is 253 g/mol. The summed E-state index contributed by atoms with van der Waals surface area (Å²) in [5.74, 6) is 6.16. The number of aryl methyl sites for hydroxylation is 1. The molecule has 1 aliphatic rings. The average molecular weight is 253 g/mol. The first-order valence-electron chi connectivity index (χ1n) is 6.04. The number of carbonyl (C=O) groups is 1. The van der Waals surface area contributed by atoms with Crippen LogP contribution in [-0.2, 0) is 11.3 Å². The van der Waals surface area contributed by atoms with E-state index in [2.05, 4.69) is 10.3 Å². The van der Waals surface area contributed by atoms with E-state index < -0.39 is 0 Å². The van der Waals surface area contributed by atoms with Crippen molar-refractivity contribution in [2.45, 2.75) is 26.5 Å². The number of hydrazine groups is 1. The lowest BCUT2D eigenvalue weighted by molar-refractivity contribution is -0.0231. The summed E-state index contributed by atoms with van der Waals surface area (Å²) < 4.78 is 11.1. The highest BCUT2D eigenvalue weighted by Crippen LogP contribution is 2.17. The molecule has 1 unspecified atom stereocenters. The smallest absolute Gasteiger partial charge is 0.268 e. The summed E-state index contributed by atoms with van der Waals surface area (Å²) in [4.78, 5) is 13.7. The van der Waals surface area contributed by atoms with Crippen molar-refractivity contribution in [3.63, 3.8) is 0 Å². The minimum atomic E-state index is -0.321. The van der Waals surface area contributed by atoms with Crippen LogP contribution in [0.15, 0.2) is 10.5 Å². The Morgan fingerprint density at radius 1 is 1.67 bits per heavy atom. The Morgan fingerprint density at radius 3 is 3.11 bits per heavy atom. The predicted octanol–water partition coefficient (Wildman–Crippen LogP) is 0.412. The number of ether oxygens (including phenoxy) is 1. The maximum atomic E-state index is 11.5. The van der Waals surface area contributed by atoms with Gasteiger partial charge in [0.05, 0.1) is 24.8 Å². The Morgan fingerprint density at radius 2 is 2.44 bits per heavy atom. The molecule has 0 spiro atoms. The van der Waals surface area contributed by atoms with Crippen LogP contribution < -0.4 is 11.3 Å². The molecule has 1 aromatic rings. The zero-order chi connectivity index (χ0) is 13.1. The molecule has 2 heterocycles. The number of amides is 1. The third kappa shape index (κ3) is 2.90. The van der Waals surface area contributed by atoms with Crippen molar-refractivity contribution < 1.29 is 13.9 Å². The SMILES string of the molecule is Cc1oc(CN2CCOC(C)C2)cc1C(=O)NN. The molecule has 6 nitrogen and oxygen atoms in total. The number of nitrogen functional groups attached to an aromatic ring is 1. The molecule has 0 aliphatic carbocycles. The molecule has 0 aromatic carbocycles. The number of hydrogen-bond donors (Lipinski definition) is 2. The van der Waals surface area contributed by atoms with E-state index in [9.17, 15) is 4.79 Å². The number of nitrogens with two attached hydrogens (primary N) is 1. The number of hydrogen-bond acceptors (Lipinski definition) is 5. The van der Waals surface area contributed by atoms with Gasteiger partial charge in [0.2, 0.25) is 0 Å². The van der Waals surface area contributed by atoms with Crippen molar-refractivity contribution in [2.75, 3.05) is 19.7 Å². The van der Waals surface area contributed by atoms with Crippen LogP contribution in [0, 0.1) is 6.92 Å². The molecular formula is C12H19N3O3. The van der Waals surface area contributed by atoms with Crippen LogP contribution in [0.5, 0.6) is 0 Å². The summed E-state index contributed by atoms with van der Waals surface area (Å²) in [6, 6.07) is 1.75. The Bertz CT molecular complexity index is 430. The van der Waals surface area contributed by atoms with Gasteiger partial charge in [-0.1, -0.05) is 0 Å². The minimum Gasteiger partial charge on any atom is -0.464 e. The van der Waals surface area contributed by atoms with E-state index in [0.29, 0.717) is 17.9 Å². The van der Waals surface area contributed by atoms with Gasteiger partial charge in [0.15, 0.2) is 0 Å². The molecule has 3 N–H and O–H groups in total. The summed E-state index contributed by atoms with van der Waals surface area (Å²) in [5.41, 5.74) is 2.61. The van der Waals surface area contributed by atoms with E-state index in [1.807, 2.05) is 6.92 Å². The maximum Gasteiger partial charge on any atom is 0.268 e. The lowest BCUT2D eigenvalue weighted by Gasteiger charge is -2.30. The molecule has 1 saturated heterocycles. The molecule has 18 heavy (non-hydrogen) atoms. The molecule has 0 saturated carbocycles. The summed E-state index contributed by atoms with van der Waals surface area (Å²) in [6.45, 7) is 6.98. The highest BCUT2D eigenvalue weighted by atomic mass is 16.5. The Hall–Kier alpha value is -1.37. The van der Waals surface area contributed by atoms with Gasteiger partial charge < -0.3 is 9.15 Å². The average Bonchev–Trinajstić information content (AvgIpc) is 2.69. The Balaban J connectivity index is 2.03. The molecule has 1 amide bonds. The first-order chi connectivity index (χ1) is 8.60. The van der Waals surface area contributed by atoms with Gasteiger partial charge in [-0.05, 0) is 19.9 Å². The second-order valence-corrected chi connectivity index (χ2v) is 4.57. The molecule has 0 bridgehead atoms. The molecule has 1 atom stereocenters. The van der Waals surface area contributed by atoms with E-state index in [1.165, 1.54) is 0 Å². The van der Waals surface area contributed by atoms with Crippen LogP contribution in [-0.4, -0.2) is 36.6 Å². The number of morpholine rings is 1. The lowest BCUT2D eigenvalue weighted by Crippen LogP contribution is -2.40. The number of nitrogens with zero attached hydrogens (tertiary/aromatic N) is 1. The fourth-order valence-electron chi connectivity index (χ4n) is 2.18. The molecule has 100 valence electrons. The van der Waals surface area contributed by atoms with Crippen molar-refractivity contribution >= 4 is 5.91 Å². The van der Waals surface area contributed by atoms with E-state index in [4.69, 9.17) is 15.0 Å². The van der Waals surface area contributed by atoms with Gasteiger partial charge in [-0.3, -0.25) is 15.1 Å². The zero-order valence-corrected chi connectivity index (χ0v) is 10.7. The maximum absolute atomic E-state index is 11.5. The molecule has 0 radical (unpaired) electrons. The van der Waals surface area contributed by atoms with Crippen molar-refractivity contribution in [1.29, 1.82) is 0 Å². The number of rotatable bonds is 3. The predicted molar refractivity (Wildman–Crippen MR) is 65.8 cm³/mol. The third-order valence-corrected chi connectivity index (χ3v) is 3.05. The second-order valence-electron chi connectivity index (χ2n) is 4.57. The zero-order valence-electron chi connectivity index (χ0n) is 10.7. The molecular weight excluding hydrogens is 234 g/mol. The highest BCUT2D eigenvalue weighted by Gasteiger charge is 2.20. The summed E-state index contributed by atoms with van der Waals surface area (Å²) in [5, 5.41) is 0. The largest absolute Gasteiger partial charge is 0.464 e. The lowest BCUT2D eigenvalue weighted by atomic mass is 10.2. The highest BCUT2D eigenvalue weighted by molar-refractivity contribution is 5.94. The van der Waals surface area contributed by atoms with Gasteiger partial charge in [0.1, 0.15) is 11.5 Å². The van der Waals surface area contributed by atoms with Crippen LogP contribution in [0.25, 0.3) is 0 Å². The molecule has 1 aliphatic heterocycles. The fraction of sp³-hybridized carbons (Fsp3) is 0.583. The van der Waals surface area contributed by atoms with Gasteiger partial charge >= 0.3 is 0 Å². The van der Waals surface area contributed by atoms with Crippen LogP contribution in [0.4, 0.5) is 0 Å². The van der Waals surface area contributed by atoms with Crippen LogP contribution >= 0.6 is 0 Å². The summed E-state index contributed by atoms with van der Waals surface area (Å²) in [7, 11) is 0. The first-order valence-corrected chi connectivity index (χ1v) is 6.04. The minimum absolute atomic E-state index is 0.238. The number of furan rings is 1. The van der Waals surface area contributed by atoms with Gasteiger partial charge in [0.25, 0.3) is 5.91 Å². The first kappa shape index (κ1) is 13.1. The Kier molecular flexibility index (Phi) is 4.00. The quantitative estimate of drug-likeness (QED) is 0.463. The third-order valence-electron chi connectivity index (χ3n) is 3.05. The number of carbonyl (C=O) groups excluding carboxylic acids is 1. The van der Waals surface area contributed by atoms with Gasteiger partial charge in [0, 0.05) is 13.1 Å². The Labute approximate surface area is 106 Å². The second kappa shape index (κ2) is 5.51. The molecule has 6 heteroatoms. The molecule has 2 rings (SSSR count). The van der Waals surface area contributed by atoms with Crippen LogP contribution in [0.2, 0.25) is 0 Å². The van der Waals surface area contributed by atoms with Crippen molar-refractivity contribution in [2.24, 2.45) is 5.84 Å². The van der Waals surface area contributed by atoms with Gasteiger partial charge in [-0.15, -0.1) is 0 Å². The summed E-state index contributed by atoms with van der Waals surface area (Å²) >= 11 is 0. The standard InChI is InChI=1S/C12H19N3O3/c1-8-6-15(3-4-17-8)7-10-5-11(9(2)18-10)12(16)14-13/h5,8H,3-4,6-7,13H2,1-2H3,(H,14,16). The normalized spacial score (nSPS) is 20.9. The van der Waals surface area contributed by atoms with Crippen molar-refractivity contribution in [3.05, 3.63) is 23.2 Å². The molecule has 1 fully saturated rings. The van der Waals surface area contributed by atoms with Gasteiger partial charge in [-0.25, -0.2) is 5.84 Å². The van der Waals surface area contributed by atoms with Crippen molar-refractivity contribution in [3.8, 4) is 0 Å². The molecule has 1 aromatic heterocycles. The van der Waals surface area contributed by atoms with E-state index in [1.54, 1.807) is 13.0 Å². The van der Waals surface area contributed by atoms with Gasteiger partial charge in [-0.2, -0.15) is 0 Å². The van der Waals surface area contributed by atoms with E-state index >= 15 is 0 Å². The fourth-order valence-corrected chi connectivity index (χ4v) is 2.18. The van der Waals surface area contributed by atoms with Crippen LogP contribution in [0.3, 0.4) is 0 Å². The van der Waals surface area contributed by atoms with Crippen LogP contribution in [0.1, 0.15) is 28.8 Å². The number of nitrogens with one attached hydrogen (secondary N) is 1. The van der Waals surface area contributed by atoms with E-state index in [0.717, 1.165) is 25.5 Å². The topological polar surface area (TPSA) is 80.7 Å². The van der Waals surface area contributed by atoms with Crippen molar-refractivity contribution in [1.82, 2.24) is 10.3 Å². The summed E-state index contributed by atoms with van der Waals surface area (Å²) in [6.07, 6.45) is 0.238.